The van der Waals surface area contributed by atoms with E-state index in [2.05, 4.69) is 5.32 Å². The minimum Gasteiger partial charge on any atom is -0.485 e. The zero-order chi connectivity index (χ0) is 15.7. The van der Waals surface area contributed by atoms with Crippen molar-refractivity contribution in [3.8, 4) is 5.75 Å². The fraction of sp³-hybridized carbons (Fsp3) is 0.188. The molecule has 0 aliphatic carbocycles. The summed E-state index contributed by atoms with van der Waals surface area (Å²) in [6.07, 6.45) is -0.149. The molecule has 0 aromatic heterocycles. The third-order valence-corrected chi connectivity index (χ3v) is 3.41. The maximum Gasteiger partial charge on any atom is 0.251 e. The number of halogens is 3. The number of fused-ring (bicyclic) bond motifs is 1. The molecule has 2 aromatic carbocycles. The van der Waals surface area contributed by atoms with Gasteiger partial charge in [0.25, 0.3) is 5.91 Å². The van der Waals surface area contributed by atoms with E-state index < -0.39 is 23.6 Å². The second-order valence-corrected chi connectivity index (χ2v) is 5.04. The quantitative estimate of drug-likeness (QED) is 0.947. The molecule has 6 heteroatoms. The summed E-state index contributed by atoms with van der Waals surface area (Å²) >= 11 is 0. The van der Waals surface area contributed by atoms with Gasteiger partial charge in [-0.3, -0.25) is 4.79 Å². The molecule has 0 saturated heterocycles. The van der Waals surface area contributed by atoms with Gasteiger partial charge in [0.1, 0.15) is 17.7 Å². The van der Waals surface area contributed by atoms with E-state index in [1.807, 2.05) is 0 Å². The van der Waals surface area contributed by atoms with Crippen LogP contribution in [0.4, 0.5) is 13.2 Å². The van der Waals surface area contributed by atoms with Crippen LogP contribution in [0.3, 0.4) is 0 Å². The predicted molar refractivity (Wildman–Crippen MR) is 73.2 cm³/mol. The Labute approximate surface area is 124 Å². The summed E-state index contributed by atoms with van der Waals surface area (Å²) in [5.74, 6) is -2.18. The summed E-state index contributed by atoms with van der Waals surface area (Å²) in [7, 11) is 0. The standard InChI is InChI=1S/C16H12F3NO2/c17-11-3-1-9(2-4-11)16(21)20-8-13-6-10-5-12(18)7-14(19)15(10)22-13/h1-5,7,13H,6,8H2,(H,20,21)/t13-/m1/s1. The summed E-state index contributed by atoms with van der Waals surface area (Å²) < 4.78 is 44.8. The summed E-state index contributed by atoms with van der Waals surface area (Å²) in [6.45, 7) is 0.145. The lowest BCUT2D eigenvalue weighted by Gasteiger charge is -2.12. The lowest BCUT2D eigenvalue weighted by atomic mass is 10.1. The highest BCUT2D eigenvalue weighted by molar-refractivity contribution is 5.94. The maximum absolute atomic E-state index is 13.5. The van der Waals surface area contributed by atoms with Crippen molar-refractivity contribution >= 4 is 5.91 Å². The van der Waals surface area contributed by atoms with Crippen LogP contribution in [-0.2, 0) is 6.42 Å². The van der Waals surface area contributed by atoms with E-state index in [1.165, 1.54) is 30.3 Å². The van der Waals surface area contributed by atoms with Gasteiger partial charge in [0, 0.05) is 23.6 Å². The fourth-order valence-electron chi connectivity index (χ4n) is 2.37. The third kappa shape index (κ3) is 2.90. The van der Waals surface area contributed by atoms with E-state index in [9.17, 15) is 18.0 Å². The molecule has 22 heavy (non-hydrogen) atoms. The number of carbonyl (C=O) groups excluding carboxylic acids is 1. The van der Waals surface area contributed by atoms with Crippen molar-refractivity contribution in [1.82, 2.24) is 5.32 Å². The molecule has 1 N–H and O–H groups in total. The molecule has 0 bridgehead atoms. The highest BCUT2D eigenvalue weighted by Crippen LogP contribution is 2.32. The SMILES string of the molecule is O=C(NC[C@H]1Cc2cc(F)cc(F)c2O1)c1ccc(F)cc1. The van der Waals surface area contributed by atoms with Gasteiger partial charge < -0.3 is 10.1 Å². The van der Waals surface area contributed by atoms with E-state index in [-0.39, 0.29) is 18.2 Å². The van der Waals surface area contributed by atoms with Crippen molar-refractivity contribution in [2.45, 2.75) is 12.5 Å². The summed E-state index contributed by atoms with van der Waals surface area (Å²) in [4.78, 5) is 11.9. The van der Waals surface area contributed by atoms with E-state index in [4.69, 9.17) is 4.74 Å². The molecule has 2 aromatic rings. The highest BCUT2D eigenvalue weighted by atomic mass is 19.1. The van der Waals surface area contributed by atoms with Crippen molar-refractivity contribution in [2.75, 3.05) is 6.54 Å². The Morgan fingerprint density at radius 3 is 2.59 bits per heavy atom. The smallest absolute Gasteiger partial charge is 0.251 e. The molecule has 1 amide bonds. The Hall–Kier alpha value is -2.50. The van der Waals surface area contributed by atoms with E-state index in [0.717, 1.165) is 6.07 Å². The highest BCUT2D eigenvalue weighted by Gasteiger charge is 2.27. The van der Waals surface area contributed by atoms with Crippen molar-refractivity contribution in [1.29, 1.82) is 0 Å². The van der Waals surface area contributed by atoms with Crippen LogP contribution in [-0.4, -0.2) is 18.6 Å². The van der Waals surface area contributed by atoms with Gasteiger partial charge in [-0.15, -0.1) is 0 Å². The first-order valence-corrected chi connectivity index (χ1v) is 6.71. The Bertz CT molecular complexity index is 716. The van der Waals surface area contributed by atoms with Crippen molar-refractivity contribution in [3.63, 3.8) is 0 Å². The molecule has 0 unspecified atom stereocenters. The van der Waals surface area contributed by atoms with Gasteiger partial charge in [-0.25, -0.2) is 13.2 Å². The molecule has 1 aliphatic heterocycles. The van der Waals surface area contributed by atoms with Crippen LogP contribution in [0.1, 0.15) is 15.9 Å². The van der Waals surface area contributed by atoms with Crippen LogP contribution in [0, 0.1) is 17.5 Å². The topological polar surface area (TPSA) is 38.3 Å². The summed E-state index contributed by atoms with van der Waals surface area (Å²) in [5.41, 5.74) is 0.757. The lowest BCUT2D eigenvalue weighted by molar-refractivity contribution is 0.0933. The first-order chi connectivity index (χ1) is 10.5. The van der Waals surface area contributed by atoms with Crippen LogP contribution in [0.5, 0.6) is 5.75 Å². The van der Waals surface area contributed by atoms with Crippen LogP contribution >= 0.6 is 0 Å². The third-order valence-electron chi connectivity index (χ3n) is 3.41. The van der Waals surface area contributed by atoms with Crippen LogP contribution in [0.2, 0.25) is 0 Å². The molecule has 0 fully saturated rings. The summed E-state index contributed by atoms with van der Waals surface area (Å²) in [5, 5.41) is 2.63. The zero-order valence-electron chi connectivity index (χ0n) is 11.4. The number of amides is 1. The van der Waals surface area contributed by atoms with Gasteiger partial charge in [0.05, 0.1) is 6.54 Å². The molecule has 0 radical (unpaired) electrons. The fourth-order valence-corrected chi connectivity index (χ4v) is 2.37. The zero-order valence-corrected chi connectivity index (χ0v) is 11.4. The molecule has 0 spiro atoms. The largest absolute Gasteiger partial charge is 0.485 e. The Balaban J connectivity index is 1.61. The van der Waals surface area contributed by atoms with Crippen LogP contribution in [0.15, 0.2) is 36.4 Å². The van der Waals surface area contributed by atoms with Gasteiger partial charge in [0.15, 0.2) is 11.6 Å². The predicted octanol–water partition coefficient (Wildman–Crippen LogP) is 2.84. The monoisotopic (exact) mass is 307 g/mol. The minimum absolute atomic E-state index is 0.0300. The van der Waals surface area contributed by atoms with Gasteiger partial charge in [0.2, 0.25) is 0 Å². The average molecular weight is 307 g/mol. The Morgan fingerprint density at radius 1 is 1.14 bits per heavy atom. The molecule has 1 heterocycles. The second kappa shape index (κ2) is 5.71. The lowest BCUT2D eigenvalue weighted by Crippen LogP contribution is -2.34. The summed E-state index contributed by atoms with van der Waals surface area (Å²) in [6, 6.07) is 7.09. The van der Waals surface area contributed by atoms with Crippen LogP contribution < -0.4 is 10.1 Å². The van der Waals surface area contributed by atoms with Crippen molar-refractivity contribution in [2.24, 2.45) is 0 Å². The number of carbonyl (C=O) groups is 1. The maximum atomic E-state index is 13.5. The molecule has 0 saturated carbocycles. The Morgan fingerprint density at radius 2 is 1.86 bits per heavy atom. The normalized spacial score (nSPS) is 16.0. The number of benzene rings is 2. The van der Waals surface area contributed by atoms with Gasteiger partial charge >= 0.3 is 0 Å². The second-order valence-electron chi connectivity index (χ2n) is 5.04. The average Bonchev–Trinajstić information content (AvgIpc) is 2.89. The van der Waals surface area contributed by atoms with Gasteiger partial charge in [-0.05, 0) is 30.3 Å². The minimum atomic E-state index is -0.748. The first kappa shape index (κ1) is 14.4. The molecule has 114 valence electrons. The number of hydrogen-bond acceptors (Lipinski definition) is 2. The molecule has 3 nitrogen and oxygen atoms in total. The van der Waals surface area contributed by atoms with Crippen molar-refractivity contribution in [3.05, 3.63) is 65.0 Å². The number of nitrogens with one attached hydrogen (secondary N) is 1. The van der Waals surface area contributed by atoms with Gasteiger partial charge in [-0.1, -0.05) is 0 Å². The van der Waals surface area contributed by atoms with Crippen molar-refractivity contribution < 1.29 is 22.7 Å². The van der Waals surface area contributed by atoms with E-state index in [1.54, 1.807) is 0 Å². The molecule has 3 rings (SSSR count). The molecule has 1 aliphatic rings. The molecular formula is C16H12F3NO2. The van der Waals surface area contributed by atoms with Crippen LogP contribution in [0.25, 0.3) is 0 Å². The first-order valence-electron chi connectivity index (χ1n) is 6.71. The number of hydrogen-bond donors (Lipinski definition) is 1. The number of rotatable bonds is 3. The molecule has 1 atom stereocenters. The number of ether oxygens (including phenoxy) is 1. The van der Waals surface area contributed by atoms with Gasteiger partial charge in [-0.2, -0.15) is 0 Å². The molecular weight excluding hydrogens is 295 g/mol. The van der Waals surface area contributed by atoms with E-state index in [0.29, 0.717) is 17.5 Å². The van der Waals surface area contributed by atoms with E-state index >= 15 is 0 Å². The Kier molecular flexibility index (Phi) is 3.75.